The van der Waals surface area contributed by atoms with E-state index in [-0.39, 0.29) is 24.3 Å². The van der Waals surface area contributed by atoms with Crippen molar-refractivity contribution < 1.29 is 26.4 Å². The van der Waals surface area contributed by atoms with Crippen LogP contribution in [-0.2, 0) is 9.53 Å². The molecule has 0 fully saturated rings. The number of quaternary nitrogens is 1. The van der Waals surface area contributed by atoms with E-state index >= 15 is 0 Å². The lowest BCUT2D eigenvalue weighted by atomic mass is 9.97. The molecule has 21 heavy (non-hydrogen) atoms. The van der Waals surface area contributed by atoms with Gasteiger partial charge in [0, 0.05) is 0 Å². The van der Waals surface area contributed by atoms with Crippen molar-refractivity contribution in [3.8, 4) is 0 Å². The first kappa shape index (κ1) is 19.9. The molecular weight excluding hydrogens is 286 g/mol. The number of rotatable bonds is 8. The molecule has 0 aliphatic carbocycles. The Morgan fingerprint density at radius 3 is 2.00 bits per heavy atom. The Balaban J connectivity index is 0.00000400. The van der Waals surface area contributed by atoms with Gasteiger partial charge in [0.1, 0.15) is 0 Å². The zero-order chi connectivity index (χ0) is 15.0. The molecule has 0 spiro atoms. The van der Waals surface area contributed by atoms with Crippen LogP contribution in [0.1, 0.15) is 45.6 Å². The van der Waals surface area contributed by atoms with E-state index in [2.05, 4.69) is 20.8 Å². The molecule has 1 aromatic carbocycles. The standard InChI is InChI=1S/C17H28NO2.ClH/c1-5-16(15-12-10-9-11-13-15)17(19)20-14-18(6-2,7-3)8-4;/h9-13,16H,5-8,14H2,1-4H3;1H/q+1;/p-1. The highest BCUT2D eigenvalue weighted by atomic mass is 35.5. The minimum absolute atomic E-state index is 0. The van der Waals surface area contributed by atoms with Crippen molar-refractivity contribution in [3.63, 3.8) is 0 Å². The highest BCUT2D eigenvalue weighted by Crippen LogP contribution is 2.21. The average molecular weight is 314 g/mol. The van der Waals surface area contributed by atoms with Crippen molar-refractivity contribution in [2.45, 2.75) is 40.0 Å². The molecule has 1 aromatic rings. The molecule has 120 valence electrons. The molecule has 1 atom stereocenters. The van der Waals surface area contributed by atoms with Crippen LogP contribution in [0, 0.1) is 0 Å². The predicted molar refractivity (Wildman–Crippen MR) is 82.3 cm³/mol. The van der Waals surface area contributed by atoms with E-state index in [0.29, 0.717) is 6.73 Å². The van der Waals surface area contributed by atoms with Gasteiger partial charge >= 0.3 is 5.97 Å². The van der Waals surface area contributed by atoms with Gasteiger partial charge in [0.25, 0.3) is 0 Å². The number of carbonyl (C=O) groups is 1. The lowest BCUT2D eigenvalue weighted by Crippen LogP contribution is -3.00. The van der Waals surface area contributed by atoms with Gasteiger partial charge < -0.3 is 17.1 Å². The minimum Gasteiger partial charge on any atom is -1.00 e. The Kier molecular flexibility index (Phi) is 9.31. The molecular formula is C17H28ClNO2. The summed E-state index contributed by atoms with van der Waals surface area (Å²) in [7, 11) is 0. The fraction of sp³-hybridized carbons (Fsp3) is 0.588. The van der Waals surface area contributed by atoms with Crippen LogP contribution in [0.15, 0.2) is 30.3 Å². The Bertz CT molecular complexity index is 396. The van der Waals surface area contributed by atoms with Crippen LogP contribution in [0.5, 0.6) is 0 Å². The molecule has 0 aliphatic rings. The number of halogens is 1. The third kappa shape index (κ3) is 5.33. The van der Waals surface area contributed by atoms with E-state index in [0.717, 1.165) is 36.1 Å². The van der Waals surface area contributed by atoms with Crippen LogP contribution in [0.4, 0.5) is 0 Å². The molecule has 0 aromatic heterocycles. The summed E-state index contributed by atoms with van der Waals surface area (Å²) < 4.78 is 6.45. The number of esters is 1. The zero-order valence-corrected chi connectivity index (χ0v) is 14.4. The van der Waals surface area contributed by atoms with Gasteiger partial charge in [-0.05, 0) is 32.8 Å². The summed E-state index contributed by atoms with van der Waals surface area (Å²) in [6.07, 6.45) is 0.771. The summed E-state index contributed by atoms with van der Waals surface area (Å²) in [5.41, 5.74) is 1.04. The summed E-state index contributed by atoms with van der Waals surface area (Å²) >= 11 is 0. The normalized spacial score (nSPS) is 12.4. The van der Waals surface area contributed by atoms with Gasteiger partial charge in [-0.2, -0.15) is 0 Å². The maximum atomic E-state index is 12.3. The van der Waals surface area contributed by atoms with Gasteiger partial charge in [-0.3, -0.25) is 9.28 Å². The first-order valence-electron chi connectivity index (χ1n) is 7.69. The second-order valence-corrected chi connectivity index (χ2v) is 5.25. The van der Waals surface area contributed by atoms with Crippen LogP contribution < -0.4 is 12.4 Å². The summed E-state index contributed by atoms with van der Waals surface area (Å²) in [5.74, 6) is -0.250. The smallest absolute Gasteiger partial charge is 0.317 e. The lowest BCUT2D eigenvalue weighted by Gasteiger charge is -2.34. The second-order valence-electron chi connectivity index (χ2n) is 5.25. The second kappa shape index (κ2) is 9.80. The largest absolute Gasteiger partial charge is 1.00 e. The number of nitrogens with zero attached hydrogens (tertiary/aromatic N) is 1. The van der Waals surface area contributed by atoms with Crippen LogP contribution in [0.3, 0.4) is 0 Å². The first-order valence-corrected chi connectivity index (χ1v) is 7.69. The fourth-order valence-corrected chi connectivity index (χ4v) is 2.47. The third-order valence-electron chi connectivity index (χ3n) is 4.39. The number of hydrogen-bond donors (Lipinski definition) is 0. The average Bonchev–Trinajstić information content (AvgIpc) is 2.51. The number of carbonyl (C=O) groups excluding carboxylic acids is 1. The summed E-state index contributed by atoms with van der Waals surface area (Å²) in [6, 6.07) is 9.90. The molecule has 1 rings (SSSR count). The van der Waals surface area contributed by atoms with E-state index in [9.17, 15) is 4.79 Å². The minimum atomic E-state index is -0.149. The van der Waals surface area contributed by atoms with Gasteiger partial charge in [0.15, 0.2) is 0 Å². The Morgan fingerprint density at radius 2 is 1.57 bits per heavy atom. The molecule has 0 saturated carbocycles. The molecule has 0 aliphatic heterocycles. The molecule has 0 saturated heterocycles. The summed E-state index contributed by atoms with van der Waals surface area (Å²) in [5, 5.41) is 0. The Morgan fingerprint density at radius 1 is 1.05 bits per heavy atom. The molecule has 0 bridgehead atoms. The fourth-order valence-electron chi connectivity index (χ4n) is 2.47. The highest BCUT2D eigenvalue weighted by Gasteiger charge is 2.26. The summed E-state index contributed by atoms with van der Waals surface area (Å²) in [4.78, 5) is 12.3. The van der Waals surface area contributed by atoms with Crippen LogP contribution in [0.25, 0.3) is 0 Å². The van der Waals surface area contributed by atoms with Crippen LogP contribution >= 0.6 is 0 Å². The van der Waals surface area contributed by atoms with Gasteiger partial charge in [0.2, 0.25) is 6.73 Å². The predicted octanol–water partition coefficient (Wildman–Crippen LogP) is 0.561. The first-order chi connectivity index (χ1) is 9.62. The van der Waals surface area contributed by atoms with Crippen LogP contribution in [0.2, 0.25) is 0 Å². The molecule has 0 heterocycles. The Labute approximate surface area is 135 Å². The van der Waals surface area contributed by atoms with E-state index in [1.807, 2.05) is 37.3 Å². The van der Waals surface area contributed by atoms with Gasteiger partial charge in [-0.1, -0.05) is 37.3 Å². The molecule has 0 N–H and O–H groups in total. The quantitative estimate of drug-likeness (QED) is 0.398. The number of ether oxygens (including phenoxy) is 1. The monoisotopic (exact) mass is 313 g/mol. The zero-order valence-electron chi connectivity index (χ0n) is 13.6. The number of hydrogen-bond acceptors (Lipinski definition) is 2. The maximum Gasteiger partial charge on any atom is 0.317 e. The summed E-state index contributed by atoms with van der Waals surface area (Å²) in [6.45, 7) is 11.9. The van der Waals surface area contributed by atoms with Crippen molar-refractivity contribution in [1.82, 2.24) is 0 Å². The molecule has 0 radical (unpaired) electrons. The van der Waals surface area contributed by atoms with Crippen molar-refractivity contribution in [1.29, 1.82) is 0 Å². The molecule has 4 heteroatoms. The van der Waals surface area contributed by atoms with Gasteiger partial charge in [0.05, 0.1) is 25.6 Å². The SMILES string of the molecule is CCC(C(=O)OC[N+](CC)(CC)CC)c1ccccc1.[Cl-]. The van der Waals surface area contributed by atoms with Crippen molar-refractivity contribution in [2.75, 3.05) is 26.4 Å². The van der Waals surface area contributed by atoms with E-state index < -0.39 is 0 Å². The lowest BCUT2D eigenvalue weighted by molar-refractivity contribution is -0.938. The molecule has 0 amide bonds. The van der Waals surface area contributed by atoms with Crippen molar-refractivity contribution in [2.24, 2.45) is 0 Å². The van der Waals surface area contributed by atoms with E-state index in [4.69, 9.17) is 4.74 Å². The van der Waals surface area contributed by atoms with Crippen molar-refractivity contribution in [3.05, 3.63) is 35.9 Å². The third-order valence-corrected chi connectivity index (χ3v) is 4.39. The van der Waals surface area contributed by atoms with Crippen molar-refractivity contribution >= 4 is 5.97 Å². The van der Waals surface area contributed by atoms with E-state index in [1.54, 1.807) is 0 Å². The van der Waals surface area contributed by atoms with Gasteiger partial charge in [-0.25, -0.2) is 0 Å². The Hall–Kier alpha value is -1.06. The highest BCUT2D eigenvalue weighted by molar-refractivity contribution is 5.78. The number of benzene rings is 1. The maximum absolute atomic E-state index is 12.3. The molecule has 1 unspecified atom stereocenters. The van der Waals surface area contributed by atoms with E-state index in [1.165, 1.54) is 0 Å². The molecule has 3 nitrogen and oxygen atoms in total. The topological polar surface area (TPSA) is 26.3 Å². The van der Waals surface area contributed by atoms with Gasteiger partial charge in [-0.15, -0.1) is 0 Å². The van der Waals surface area contributed by atoms with Crippen LogP contribution in [-0.4, -0.2) is 36.8 Å².